The number of aromatic amines is 1. The molecule has 0 unspecified atom stereocenters. The maximum atomic E-state index is 11.6. The molecule has 0 radical (unpaired) electrons. The average molecular weight is 872 g/mol. The number of nitrogens with zero attached hydrogens (tertiary/aromatic N) is 6. The van der Waals surface area contributed by atoms with Crippen LogP contribution >= 0.6 is 0 Å². The van der Waals surface area contributed by atoms with Gasteiger partial charge in [-0.1, -0.05) is 97.8 Å². The minimum Gasteiger partial charge on any atom is -0.480 e. The molecule has 3 atom stereocenters. The number of aliphatic carboxylic acids is 2. The second-order valence-electron chi connectivity index (χ2n) is 11.1. The van der Waals surface area contributed by atoms with Crippen LogP contribution in [0.4, 0.5) is 9.59 Å². The first-order valence-electron chi connectivity index (χ1n) is 16.8. The van der Waals surface area contributed by atoms with E-state index < -0.39 is 48.2 Å². The number of aromatic nitrogens is 6. The van der Waals surface area contributed by atoms with Crippen LogP contribution in [0, 0.1) is 0 Å². The number of amides is 2. The standard InChI is InChI=1S/C14H15N3O4.C11H11NO4.C8H11N3O4.C3H4N2.5CH4/c18-13(19)12(9-17-8-4-7-15-17)16-14(20)21-10-11-5-2-1-3-6-11;13-10-9(7-15-10)12-11(14)16-6-8-4-2-1-3-5-8;1-14-15-6-9-7(8(12)13)5-11-4-2-3-10-11;1-2-4-5-3-1;;;;;/h1-8,12H,9-10H2,(H,16,20)(H,18,19);1-5,9H,6-7H2,(H,12,14);2-4,6-7H,5H2,1H3,(H,12,13);1-3H,(H,4,5);5*1H4/t12-;9-;7-;;;;;;/m000....../s1. The minimum atomic E-state index is -1.15. The Bertz CT molecular complexity index is 1880. The van der Waals surface area contributed by atoms with Gasteiger partial charge in [-0.05, 0) is 29.3 Å². The summed E-state index contributed by atoms with van der Waals surface area (Å²) in [5, 5.41) is 36.6. The third-order valence-corrected chi connectivity index (χ3v) is 6.90. The van der Waals surface area contributed by atoms with Crippen LogP contribution in [0.2, 0.25) is 0 Å². The fourth-order valence-corrected chi connectivity index (χ4v) is 4.06. The molecular formula is C41H61N9O12. The van der Waals surface area contributed by atoms with Crippen molar-refractivity contribution in [2.45, 2.75) is 81.6 Å². The largest absolute Gasteiger partial charge is 0.480 e. The molecule has 5 N–H and O–H groups in total. The summed E-state index contributed by atoms with van der Waals surface area (Å²) in [6, 6.07) is 21.1. The molecule has 21 heteroatoms. The van der Waals surface area contributed by atoms with E-state index in [1.807, 2.05) is 66.7 Å². The molecule has 1 saturated heterocycles. The topological polar surface area (TPSA) is 273 Å². The first-order chi connectivity index (χ1) is 27.6. The maximum Gasteiger partial charge on any atom is 0.408 e. The number of alkyl carbamates (subject to hydrolysis) is 2. The molecule has 2 aromatic carbocycles. The number of rotatable bonds is 15. The van der Waals surface area contributed by atoms with E-state index in [2.05, 4.69) is 50.5 Å². The molecule has 5 aromatic rings. The molecule has 0 bridgehead atoms. The summed E-state index contributed by atoms with van der Waals surface area (Å²) in [6.07, 6.45) is 9.39. The molecule has 21 nitrogen and oxygen atoms in total. The van der Waals surface area contributed by atoms with Crippen molar-refractivity contribution in [2.75, 3.05) is 13.7 Å². The second-order valence-corrected chi connectivity index (χ2v) is 11.1. The Labute approximate surface area is 361 Å². The van der Waals surface area contributed by atoms with Crippen LogP contribution in [0.3, 0.4) is 0 Å². The van der Waals surface area contributed by atoms with Gasteiger partial charge < -0.3 is 39.9 Å². The van der Waals surface area contributed by atoms with Gasteiger partial charge in [0.05, 0.1) is 20.2 Å². The van der Waals surface area contributed by atoms with E-state index in [0.29, 0.717) is 0 Å². The monoisotopic (exact) mass is 871 g/mol. The van der Waals surface area contributed by atoms with Crippen LogP contribution < -0.4 is 10.6 Å². The van der Waals surface area contributed by atoms with Gasteiger partial charge in [-0.15, -0.1) is 0 Å². The average Bonchev–Trinajstić information content (AvgIpc) is 4.06. The second kappa shape index (κ2) is 34.3. The normalized spacial score (nSPS) is 12.4. The molecule has 1 fully saturated rings. The highest BCUT2D eigenvalue weighted by Crippen LogP contribution is 2.05. The van der Waals surface area contributed by atoms with Gasteiger partial charge in [0, 0.05) is 37.2 Å². The summed E-state index contributed by atoms with van der Waals surface area (Å²) >= 11 is 0. The summed E-state index contributed by atoms with van der Waals surface area (Å²) in [7, 11) is 1.30. The zero-order chi connectivity index (χ0) is 41.1. The molecule has 6 rings (SSSR count). The van der Waals surface area contributed by atoms with Gasteiger partial charge in [-0.2, -0.15) is 20.2 Å². The lowest BCUT2D eigenvalue weighted by molar-refractivity contribution is -0.188. The maximum absolute atomic E-state index is 11.6. The van der Waals surface area contributed by atoms with E-state index in [-0.39, 0.29) is 70.0 Å². The van der Waals surface area contributed by atoms with Crippen molar-refractivity contribution in [3.63, 3.8) is 0 Å². The fraction of sp³-hybridized carbons (Fsp3) is 0.341. The highest BCUT2D eigenvalue weighted by Gasteiger charge is 2.32. The summed E-state index contributed by atoms with van der Waals surface area (Å²) < 4.78 is 17.3. The lowest BCUT2D eigenvalue weighted by Gasteiger charge is -2.24. The van der Waals surface area contributed by atoms with Gasteiger partial charge in [0.2, 0.25) is 6.40 Å². The van der Waals surface area contributed by atoms with E-state index in [1.165, 1.54) is 22.7 Å². The number of nitrogens with one attached hydrogen (secondary N) is 3. The van der Waals surface area contributed by atoms with Crippen molar-refractivity contribution < 1.29 is 58.2 Å². The number of esters is 1. The van der Waals surface area contributed by atoms with Crippen LogP contribution in [0.15, 0.2) is 121 Å². The number of ether oxygens (including phenoxy) is 3. The quantitative estimate of drug-likeness (QED) is 0.0213. The smallest absolute Gasteiger partial charge is 0.408 e. The predicted molar refractivity (Wildman–Crippen MR) is 230 cm³/mol. The Hall–Kier alpha value is -7.55. The van der Waals surface area contributed by atoms with Gasteiger partial charge >= 0.3 is 30.1 Å². The van der Waals surface area contributed by atoms with Crippen molar-refractivity contribution in [1.82, 2.24) is 40.4 Å². The molecule has 2 amide bonds. The molecular weight excluding hydrogens is 811 g/mol. The summed E-state index contributed by atoms with van der Waals surface area (Å²) in [5.74, 6) is -2.62. The number of H-pyrrole nitrogens is 1. The molecule has 0 aliphatic carbocycles. The lowest BCUT2D eigenvalue weighted by Crippen LogP contribution is -2.52. The number of carbonyl (C=O) groups is 5. The number of benzene rings is 2. The van der Waals surface area contributed by atoms with Crippen LogP contribution in [0.25, 0.3) is 0 Å². The lowest BCUT2D eigenvalue weighted by atomic mass is 10.2. The molecule has 0 spiro atoms. The Morgan fingerprint density at radius 1 is 0.806 bits per heavy atom. The predicted octanol–water partition coefficient (Wildman–Crippen LogP) is 5.63. The van der Waals surface area contributed by atoms with Crippen molar-refractivity contribution in [1.29, 1.82) is 0 Å². The van der Waals surface area contributed by atoms with Crippen LogP contribution in [-0.4, -0.2) is 108 Å². The van der Waals surface area contributed by atoms with Gasteiger partial charge in [-0.3, -0.25) is 14.5 Å². The molecule has 342 valence electrons. The van der Waals surface area contributed by atoms with Gasteiger partial charge in [0.1, 0.15) is 25.9 Å². The number of hydrogen-bond acceptors (Lipinski definition) is 14. The first-order valence-corrected chi connectivity index (χ1v) is 16.8. The molecule has 62 heavy (non-hydrogen) atoms. The Morgan fingerprint density at radius 3 is 1.74 bits per heavy atom. The van der Waals surface area contributed by atoms with Crippen molar-refractivity contribution in [3.05, 3.63) is 127 Å². The van der Waals surface area contributed by atoms with Crippen LogP contribution in [0.5, 0.6) is 0 Å². The van der Waals surface area contributed by atoms with E-state index in [9.17, 15) is 24.0 Å². The fourth-order valence-electron chi connectivity index (χ4n) is 4.06. The molecule has 0 saturated carbocycles. The third-order valence-electron chi connectivity index (χ3n) is 6.90. The molecule has 1 aliphatic heterocycles. The SMILES string of the molecule is C.C.C.C.C.COOC=N[C@@H](Cn1cccn1)C(=O)O.O=C(N[C@@H](Cn1cccn1)C(=O)O)OCc1ccccc1.O=C(N[C@H]1COC1=O)OCc1ccccc1.c1cn[nH]c1. The van der Waals surface area contributed by atoms with Crippen molar-refractivity contribution >= 4 is 36.5 Å². The Kier molecular flexibility index (Phi) is 32.5. The van der Waals surface area contributed by atoms with E-state index in [0.717, 1.165) is 17.5 Å². The van der Waals surface area contributed by atoms with Crippen molar-refractivity contribution in [2.24, 2.45) is 4.99 Å². The zero-order valence-electron chi connectivity index (χ0n) is 30.5. The van der Waals surface area contributed by atoms with Gasteiger partial charge in [0.15, 0.2) is 12.1 Å². The number of carboxylic acid groups (broad SMARTS) is 2. The number of cyclic esters (lactones) is 1. The number of hydrogen-bond donors (Lipinski definition) is 5. The highest BCUT2D eigenvalue weighted by atomic mass is 17.2. The molecule has 1 aliphatic rings. The van der Waals surface area contributed by atoms with E-state index in [1.54, 1.807) is 43.1 Å². The summed E-state index contributed by atoms with van der Waals surface area (Å²) in [5.41, 5.74) is 1.72. The van der Waals surface area contributed by atoms with Crippen LogP contribution in [0.1, 0.15) is 48.3 Å². The van der Waals surface area contributed by atoms with E-state index >= 15 is 0 Å². The molecule has 4 heterocycles. The summed E-state index contributed by atoms with van der Waals surface area (Å²) in [4.78, 5) is 67.7. The minimum absolute atomic E-state index is 0. The van der Waals surface area contributed by atoms with Gasteiger partial charge in [-0.25, -0.2) is 29.0 Å². The zero-order valence-corrected chi connectivity index (χ0v) is 30.5. The summed E-state index contributed by atoms with van der Waals surface area (Å²) in [6.45, 7) is 0.670. The first kappa shape index (κ1) is 58.8. The molecule has 3 aromatic heterocycles. The van der Waals surface area contributed by atoms with Crippen LogP contribution in [-0.2, 0) is 64.7 Å². The number of aliphatic imine (C=N–C) groups is 1. The van der Waals surface area contributed by atoms with Gasteiger partial charge in [0.25, 0.3) is 0 Å². The Balaban J connectivity index is -0.000000775. The Morgan fingerprint density at radius 2 is 1.35 bits per heavy atom. The third kappa shape index (κ3) is 24.4. The highest BCUT2D eigenvalue weighted by molar-refractivity contribution is 5.85. The number of carboxylic acids is 2. The number of carbonyl (C=O) groups excluding carboxylic acids is 3. The van der Waals surface area contributed by atoms with Crippen molar-refractivity contribution in [3.8, 4) is 0 Å². The van der Waals surface area contributed by atoms with E-state index in [4.69, 9.17) is 19.7 Å².